The van der Waals surface area contributed by atoms with Crippen molar-refractivity contribution >= 4 is 23.2 Å². The topological polar surface area (TPSA) is 92.6 Å². The van der Waals surface area contributed by atoms with Gasteiger partial charge in [0.15, 0.2) is 0 Å². The first-order chi connectivity index (χ1) is 15.5. The van der Waals surface area contributed by atoms with Gasteiger partial charge in [0.2, 0.25) is 5.91 Å². The van der Waals surface area contributed by atoms with Gasteiger partial charge in [-0.15, -0.1) is 0 Å². The highest BCUT2D eigenvalue weighted by Crippen LogP contribution is 2.26. The molecule has 7 nitrogen and oxygen atoms in total. The number of hydrogen-bond acceptors (Lipinski definition) is 4. The monoisotopic (exact) mass is 453 g/mol. The van der Waals surface area contributed by atoms with Crippen LogP contribution in [-0.2, 0) is 4.79 Å². The third-order valence-electron chi connectivity index (χ3n) is 5.21. The molecule has 2 aromatic rings. The van der Waals surface area contributed by atoms with Crippen LogP contribution in [-0.4, -0.2) is 29.8 Å². The maximum absolute atomic E-state index is 13.3. The number of nitro groups is 1. The summed E-state index contributed by atoms with van der Waals surface area (Å²) in [6, 6.07) is 13.6. The summed E-state index contributed by atoms with van der Waals surface area (Å²) < 4.78 is 0. The molecule has 0 aromatic heterocycles. The van der Waals surface area contributed by atoms with Crippen LogP contribution in [0.2, 0.25) is 0 Å². The van der Waals surface area contributed by atoms with E-state index in [0.717, 1.165) is 6.42 Å². The molecule has 1 unspecified atom stereocenters. The first-order valence-corrected chi connectivity index (χ1v) is 11.4. The molecule has 0 heterocycles. The van der Waals surface area contributed by atoms with Gasteiger partial charge in [0.1, 0.15) is 0 Å². The first kappa shape index (κ1) is 26.0. The predicted octanol–water partition coefficient (Wildman–Crippen LogP) is 5.52. The van der Waals surface area contributed by atoms with Crippen molar-refractivity contribution in [1.29, 1.82) is 0 Å². The summed E-state index contributed by atoms with van der Waals surface area (Å²) in [5.41, 5.74) is 1.70. The average Bonchev–Trinajstić information content (AvgIpc) is 2.72. The number of carbonyl (C=O) groups is 2. The number of para-hydroxylation sites is 1. The number of nitrogens with one attached hydrogen (secondary N) is 1. The second kappa shape index (κ2) is 11.6. The van der Waals surface area contributed by atoms with E-state index in [4.69, 9.17) is 0 Å². The zero-order valence-corrected chi connectivity index (χ0v) is 20.3. The van der Waals surface area contributed by atoms with Crippen LogP contribution < -0.4 is 10.2 Å². The third-order valence-corrected chi connectivity index (χ3v) is 5.21. The smallest absolute Gasteiger partial charge is 0.270 e. The van der Waals surface area contributed by atoms with Gasteiger partial charge < -0.3 is 10.2 Å². The molecule has 2 amide bonds. The summed E-state index contributed by atoms with van der Waals surface area (Å²) >= 11 is 0. The lowest BCUT2D eigenvalue weighted by atomic mass is 9.84. The third kappa shape index (κ3) is 8.67. The molecule has 2 aromatic carbocycles. The van der Waals surface area contributed by atoms with Gasteiger partial charge in [-0.05, 0) is 54.9 Å². The molecular formula is C26H35N3O4. The van der Waals surface area contributed by atoms with E-state index in [2.05, 4.69) is 33.0 Å². The molecule has 0 aliphatic heterocycles. The Morgan fingerprint density at radius 3 is 2.39 bits per heavy atom. The molecule has 1 atom stereocenters. The molecule has 1 N–H and O–H groups in total. The highest BCUT2D eigenvalue weighted by atomic mass is 16.6. The van der Waals surface area contributed by atoms with Crippen LogP contribution in [0.5, 0.6) is 0 Å². The largest absolute Gasteiger partial charge is 0.356 e. The van der Waals surface area contributed by atoms with Crippen molar-refractivity contribution in [3.63, 3.8) is 0 Å². The van der Waals surface area contributed by atoms with E-state index in [-0.39, 0.29) is 28.5 Å². The SMILES string of the molecule is Cc1cc(C(=O)N(CCCNC(=O)CC(C)CC(C)(C)C)c2ccccc2)cc([N+](=O)[O-])c1. The summed E-state index contributed by atoms with van der Waals surface area (Å²) in [6.45, 7) is 11.1. The molecule has 2 rings (SSSR count). The fraction of sp³-hybridized carbons (Fsp3) is 0.462. The van der Waals surface area contributed by atoms with Crippen LogP contribution in [0.3, 0.4) is 0 Å². The Kier molecular flexibility index (Phi) is 9.14. The Hall–Kier alpha value is -3.22. The van der Waals surface area contributed by atoms with Gasteiger partial charge in [-0.2, -0.15) is 0 Å². The van der Waals surface area contributed by atoms with Crippen LogP contribution in [0.1, 0.15) is 62.9 Å². The molecule has 0 aliphatic rings. The van der Waals surface area contributed by atoms with Gasteiger partial charge >= 0.3 is 0 Å². The van der Waals surface area contributed by atoms with E-state index >= 15 is 0 Å². The van der Waals surface area contributed by atoms with E-state index in [9.17, 15) is 19.7 Å². The number of nitro benzene ring substituents is 1. The number of nitrogens with zero attached hydrogens (tertiary/aromatic N) is 2. The van der Waals surface area contributed by atoms with Gasteiger partial charge in [0.05, 0.1) is 4.92 Å². The molecular weight excluding hydrogens is 418 g/mol. The number of rotatable bonds is 10. The first-order valence-electron chi connectivity index (χ1n) is 11.4. The van der Waals surface area contributed by atoms with Crippen molar-refractivity contribution in [3.8, 4) is 0 Å². The quantitative estimate of drug-likeness (QED) is 0.291. The highest BCUT2D eigenvalue weighted by molar-refractivity contribution is 6.06. The van der Waals surface area contributed by atoms with Crippen LogP contribution >= 0.6 is 0 Å². The zero-order valence-electron chi connectivity index (χ0n) is 20.3. The summed E-state index contributed by atoms with van der Waals surface area (Å²) in [5, 5.41) is 14.2. The zero-order chi connectivity index (χ0) is 24.6. The number of anilines is 1. The molecule has 0 aliphatic carbocycles. The summed E-state index contributed by atoms with van der Waals surface area (Å²) in [7, 11) is 0. The molecule has 178 valence electrons. The minimum Gasteiger partial charge on any atom is -0.356 e. The van der Waals surface area contributed by atoms with Crippen molar-refractivity contribution in [2.24, 2.45) is 11.3 Å². The van der Waals surface area contributed by atoms with Crippen molar-refractivity contribution in [2.45, 2.75) is 53.9 Å². The highest BCUT2D eigenvalue weighted by Gasteiger charge is 2.21. The molecule has 0 saturated heterocycles. The minimum atomic E-state index is -0.493. The van der Waals surface area contributed by atoms with Crippen molar-refractivity contribution in [1.82, 2.24) is 5.32 Å². The summed E-state index contributed by atoms with van der Waals surface area (Å²) in [5.74, 6) is 0.00118. The molecule has 0 bridgehead atoms. The lowest BCUT2D eigenvalue weighted by Crippen LogP contribution is -2.35. The van der Waals surface area contributed by atoms with E-state index in [1.54, 1.807) is 17.9 Å². The number of amides is 2. The Labute approximate surface area is 196 Å². The van der Waals surface area contributed by atoms with E-state index in [1.165, 1.54) is 12.1 Å². The number of aryl methyl sites for hydroxylation is 1. The number of benzene rings is 2. The minimum absolute atomic E-state index is 0.0126. The fourth-order valence-corrected chi connectivity index (χ4v) is 4.07. The van der Waals surface area contributed by atoms with Gasteiger partial charge in [-0.3, -0.25) is 19.7 Å². The number of hydrogen-bond donors (Lipinski definition) is 1. The predicted molar refractivity (Wildman–Crippen MR) is 131 cm³/mol. The molecule has 0 spiro atoms. The lowest BCUT2D eigenvalue weighted by molar-refractivity contribution is -0.384. The molecule has 0 saturated carbocycles. The van der Waals surface area contributed by atoms with Crippen LogP contribution in [0, 0.1) is 28.4 Å². The second-order valence-electron chi connectivity index (χ2n) is 9.88. The van der Waals surface area contributed by atoms with Crippen LogP contribution in [0.15, 0.2) is 48.5 Å². The number of carbonyl (C=O) groups excluding carboxylic acids is 2. The molecule has 7 heteroatoms. The Balaban J connectivity index is 2.04. The average molecular weight is 454 g/mol. The molecule has 0 fully saturated rings. The van der Waals surface area contributed by atoms with Gasteiger partial charge in [0, 0.05) is 42.9 Å². The van der Waals surface area contributed by atoms with E-state index in [1.807, 2.05) is 30.3 Å². The van der Waals surface area contributed by atoms with Crippen molar-refractivity contribution in [3.05, 3.63) is 69.8 Å². The summed E-state index contributed by atoms with van der Waals surface area (Å²) in [6.07, 6.45) is 2.01. The van der Waals surface area contributed by atoms with Crippen LogP contribution in [0.4, 0.5) is 11.4 Å². The normalized spacial score (nSPS) is 12.2. The Morgan fingerprint density at radius 2 is 1.79 bits per heavy atom. The standard InChI is InChI=1S/C26H35N3O4/c1-19-14-21(17-23(15-19)29(32)33)25(31)28(22-10-7-6-8-11-22)13-9-12-27-24(30)16-20(2)18-26(3,4)5/h6-8,10-11,14-15,17,20H,9,12-13,16,18H2,1-5H3,(H,27,30). The van der Waals surface area contributed by atoms with Crippen LogP contribution in [0.25, 0.3) is 0 Å². The lowest BCUT2D eigenvalue weighted by Gasteiger charge is -2.24. The van der Waals surface area contributed by atoms with Gasteiger partial charge in [-0.1, -0.05) is 45.9 Å². The van der Waals surface area contributed by atoms with E-state index in [0.29, 0.717) is 43.1 Å². The van der Waals surface area contributed by atoms with Crippen molar-refractivity contribution in [2.75, 3.05) is 18.0 Å². The fourth-order valence-electron chi connectivity index (χ4n) is 4.07. The molecule has 0 radical (unpaired) electrons. The van der Waals surface area contributed by atoms with E-state index < -0.39 is 4.92 Å². The number of non-ortho nitro benzene ring substituents is 1. The Bertz CT molecular complexity index is 967. The summed E-state index contributed by atoms with van der Waals surface area (Å²) in [4.78, 5) is 37.9. The Morgan fingerprint density at radius 1 is 1.12 bits per heavy atom. The van der Waals surface area contributed by atoms with Gasteiger partial charge in [0.25, 0.3) is 11.6 Å². The van der Waals surface area contributed by atoms with Crippen molar-refractivity contribution < 1.29 is 14.5 Å². The maximum atomic E-state index is 13.3. The second-order valence-corrected chi connectivity index (χ2v) is 9.88. The molecule has 33 heavy (non-hydrogen) atoms. The maximum Gasteiger partial charge on any atom is 0.270 e. The van der Waals surface area contributed by atoms with Gasteiger partial charge in [-0.25, -0.2) is 0 Å².